The van der Waals surface area contributed by atoms with E-state index in [1.807, 2.05) is 11.8 Å². The summed E-state index contributed by atoms with van der Waals surface area (Å²) in [6.45, 7) is 4.95. The van der Waals surface area contributed by atoms with E-state index >= 15 is 0 Å². The molecule has 0 atom stereocenters. The van der Waals surface area contributed by atoms with E-state index in [0.29, 0.717) is 30.1 Å². The molecule has 0 saturated carbocycles. The molecule has 1 aromatic rings. The summed E-state index contributed by atoms with van der Waals surface area (Å²) in [7, 11) is 1.59. The van der Waals surface area contributed by atoms with Crippen LogP contribution in [0, 0.1) is 0 Å². The molecule has 6 heteroatoms. The predicted molar refractivity (Wildman–Crippen MR) is 83.4 cm³/mol. The monoisotopic (exact) mass is 293 g/mol. The lowest BCUT2D eigenvalue weighted by molar-refractivity contribution is -0.119. The zero-order valence-corrected chi connectivity index (χ0v) is 12.8. The number of nitrogens with one attached hydrogen (secondary N) is 1. The van der Waals surface area contributed by atoms with Gasteiger partial charge < -0.3 is 20.7 Å². The van der Waals surface area contributed by atoms with E-state index in [1.165, 1.54) is 0 Å². The van der Waals surface area contributed by atoms with Crippen LogP contribution in [0.3, 0.4) is 0 Å². The van der Waals surface area contributed by atoms with Crippen molar-refractivity contribution < 1.29 is 14.3 Å². The molecule has 1 aromatic carbocycles. The number of rotatable bonds is 7. The molecule has 0 aliphatic heterocycles. The minimum absolute atomic E-state index is 0.107. The standard InChI is InChI=1S/C15H23N3O3/c1-4-8-18(10-14(19)17-3)13-9-11(6-7-12(13)16)15(20)21-5-2/h6-7,9H,4-5,8,10,16H2,1-3H3,(H,17,19). The molecule has 0 aliphatic rings. The highest BCUT2D eigenvalue weighted by Crippen LogP contribution is 2.25. The third-order valence-electron chi connectivity index (χ3n) is 2.99. The van der Waals surface area contributed by atoms with Gasteiger partial charge in [0.05, 0.1) is 30.1 Å². The molecule has 1 rings (SSSR count). The third-order valence-corrected chi connectivity index (χ3v) is 2.99. The van der Waals surface area contributed by atoms with Crippen molar-refractivity contribution in [3.05, 3.63) is 23.8 Å². The first-order chi connectivity index (χ1) is 10.0. The first-order valence-corrected chi connectivity index (χ1v) is 7.05. The SMILES string of the molecule is CCCN(CC(=O)NC)c1cc(C(=O)OCC)ccc1N. The van der Waals surface area contributed by atoms with Crippen LogP contribution in [0.2, 0.25) is 0 Å². The number of nitrogens with zero attached hydrogens (tertiary/aromatic N) is 1. The van der Waals surface area contributed by atoms with Gasteiger partial charge in [-0.1, -0.05) is 6.92 Å². The zero-order valence-electron chi connectivity index (χ0n) is 12.8. The number of ether oxygens (including phenoxy) is 1. The lowest BCUT2D eigenvalue weighted by atomic mass is 10.1. The average Bonchev–Trinajstić information content (AvgIpc) is 2.47. The van der Waals surface area contributed by atoms with Gasteiger partial charge in [-0.15, -0.1) is 0 Å². The summed E-state index contributed by atoms with van der Waals surface area (Å²) in [5.74, 6) is -0.500. The van der Waals surface area contributed by atoms with Crippen molar-refractivity contribution in [1.29, 1.82) is 0 Å². The van der Waals surface area contributed by atoms with E-state index in [4.69, 9.17) is 10.5 Å². The Morgan fingerprint density at radius 1 is 1.33 bits per heavy atom. The Balaban J connectivity index is 3.08. The van der Waals surface area contributed by atoms with Gasteiger partial charge in [-0.25, -0.2) is 4.79 Å². The lowest BCUT2D eigenvalue weighted by Gasteiger charge is -2.25. The van der Waals surface area contributed by atoms with Crippen molar-refractivity contribution in [2.75, 3.05) is 37.4 Å². The second-order valence-electron chi connectivity index (χ2n) is 4.59. The van der Waals surface area contributed by atoms with Gasteiger partial charge in [0.25, 0.3) is 0 Å². The summed E-state index contributed by atoms with van der Waals surface area (Å²) in [5.41, 5.74) is 7.62. The highest BCUT2D eigenvalue weighted by molar-refractivity contribution is 5.92. The van der Waals surface area contributed by atoms with Crippen LogP contribution in [0.5, 0.6) is 0 Å². The van der Waals surface area contributed by atoms with Gasteiger partial charge in [-0.2, -0.15) is 0 Å². The van der Waals surface area contributed by atoms with E-state index in [1.54, 1.807) is 32.2 Å². The second-order valence-corrected chi connectivity index (χ2v) is 4.59. The van der Waals surface area contributed by atoms with E-state index < -0.39 is 5.97 Å². The fourth-order valence-corrected chi connectivity index (χ4v) is 1.97. The smallest absolute Gasteiger partial charge is 0.338 e. The van der Waals surface area contributed by atoms with Gasteiger partial charge in [0.15, 0.2) is 0 Å². The van der Waals surface area contributed by atoms with Crippen LogP contribution < -0.4 is 16.0 Å². The molecule has 0 aliphatic carbocycles. The number of carbonyl (C=O) groups is 2. The fourth-order valence-electron chi connectivity index (χ4n) is 1.97. The Labute approximate surface area is 125 Å². The summed E-state index contributed by atoms with van der Waals surface area (Å²) < 4.78 is 4.99. The summed E-state index contributed by atoms with van der Waals surface area (Å²) in [4.78, 5) is 25.3. The van der Waals surface area contributed by atoms with Gasteiger partial charge in [0, 0.05) is 13.6 Å². The molecular formula is C15H23N3O3. The van der Waals surface area contributed by atoms with E-state index in [9.17, 15) is 9.59 Å². The van der Waals surface area contributed by atoms with Crippen LogP contribution in [0.1, 0.15) is 30.6 Å². The molecule has 0 unspecified atom stereocenters. The predicted octanol–water partition coefficient (Wildman–Crippen LogP) is 1.41. The number of benzene rings is 1. The quantitative estimate of drug-likeness (QED) is 0.586. The summed E-state index contributed by atoms with van der Waals surface area (Å²) in [6.07, 6.45) is 0.861. The minimum Gasteiger partial charge on any atom is -0.462 e. The van der Waals surface area contributed by atoms with Crippen LogP contribution in [0.15, 0.2) is 18.2 Å². The van der Waals surface area contributed by atoms with Crippen LogP contribution in [-0.4, -0.2) is 38.6 Å². The molecule has 0 fully saturated rings. The number of likely N-dealkylation sites (N-methyl/N-ethyl adjacent to an activating group) is 1. The van der Waals surface area contributed by atoms with E-state index in [0.717, 1.165) is 6.42 Å². The topological polar surface area (TPSA) is 84.7 Å². The van der Waals surface area contributed by atoms with E-state index in [2.05, 4.69) is 5.32 Å². The first kappa shape index (κ1) is 16.8. The van der Waals surface area contributed by atoms with Crippen LogP contribution >= 0.6 is 0 Å². The maximum atomic E-state index is 11.8. The van der Waals surface area contributed by atoms with Crippen molar-refractivity contribution in [3.63, 3.8) is 0 Å². The van der Waals surface area contributed by atoms with Gasteiger partial charge >= 0.3 is 5.97 Å². The molecule has 1 amide bonds. The Bertz CT molecular complexity index is 503. The van der Waals surface area contributed by atoms with Crippen molar-refractivity contribution in [2.24, 2.45) is 0 Å². The number of hydrogen-bond donors (Lipinski definition) is 2. The molecule has 0 heterocycles. The number of anilines is 2. The molecular weight excluding hydrogens is 270 g/mol. The zero-order chi connectivity index (χ0) is 15.8. The van der Waals surface area contributed by atoms with Crippen LogP contribution in [-0.2, 0) is 9.53 Å². The molecule has 0 saturated heterocycles. The molecule has 0 bridgehead atoms. The van der Waals surface area contributed by atoms with Crippen molar-refractivity contribution >= 4 is 23.3 Å². The summed E-state index contributed by atoms with van der Waals surface area (Å²) in [6, 6.07) is 4.96. The van der Waals surface area contributed by atoms with Gasteiger partial charge in [0.2, 0.25) is 5.91 Å². The second kappa shape index (κ2) is 8.14. The maximum absolute atomic E-state index is 11.8. The highest BCUT2D eigenvalue weighted by Gasteiger charge is 2.16. The first-order valence-electron chi connectivity index (χ1n) is 7.05. The van der Waals surface area contributed by atoms with E-state index in [-0.39, 0.29) is 12.5 Å². The number of carbonyl (C=O) groups excluding carboxylic acids is 2. The molecule has 0 aromatic heterocycles. The van der Waals surface area contributed by atoms with Crippen molar-refractivity contribution in [1.82, 2.24) is 5.32 Å². The largest absolute Gasteiger partial charge is 0.462 e. The molecule has 21 heavy (non-hydrogen) atoms. The Morgan fingerprint density at radius 2 is 2.05 bits per heavy atom. The van der Waals surface area contributed by atoms with Gasteiger partial charge in [-0.3, -0.25) is 4.79 Å². The minimum atomic E-state index is -0.393. The Kier molecular flexibility index (Phi) is 6.52. The maximum Gasteiger partial charge on any atom is 0.338 e. The third kappa shape index (κ3) is 4.66. The lowest BCUT2D eigenvalue weighted by Crippen LogP contribution is -2.36. The molecule has 3 N–H and O–H groups in total. The van der Waals surface area contributed by atoms with Crippen molar-refractivity contribution in [3.8, 4) is 0 Å². The van der Waals surface area contributed by atoms with Crippen molar-refractivity contribution in [2.45, 2.75) is 20.3 Å². The molecule has 6 nitrogen and oxygen atoms in total. The summed E-state index contributed by atoms with van der Waals surface area (Å²) in [5, 5.41) is 2.59. The highest BCUT2D eigenvalue weighted by atomic mass is 16.5. The number of hydrogen-bond acceptors (Lipinski definition) is 5. The Morgan fingerprint density at radius 3 is 2.62 bits per heavy atom. The fraction of sp³-hybridized carbons (Fsp3) is 0.467. The number of nitrogen functional groups attached to an aromatic ring is 1. The molecule has 116 valence electrons. The Hall–Kier alpha value is -2.24. The van der Waals surface area contributed by atoms with Crippen LogP contribution in [0.25, 0.3) is 0 Å². The summed E-state index contributed by atoms with van der Waals surface area (Å²) >= 11 is 0. The van der Waals surface area contributed by atoms with Gasteiger partial charge in [0.1, 0.15) is 0 Å². The normalized spacial score (nSPS) is 10.0. The number of amides is 1. The number of esters is 1. The molecule has 0 spiro atoms. The average molecular weight is 293 g/mol. The van der Waals surface area contributed by atoms with Gasteiger partial charge in [-0.05, 0) is 31.5 Å². The van der Waals surface area contributed by atoms with Crippen LogP contribution in [0.4, 0.5) is 11.4 Å². The molecule has 0 radical (unpaired) electrons. The number of nitrogens with two attached hydrogens (primary N) is 1.